The van der Waals surface area contributed by atoms with E-state index in [2.05, 4.69) is 12.2 Å². The van der Waals surface area contributed by atoms with E-state index >= 15 is 0 Å². The fourth-order valence-corrected chi connectivity index (χ4v) is 2.76. The number of hydrogen-bond acceptors (Lipinski definition) is 5. The number of carbonyl (C=O) groups is 1. The summed E-state index contributed by atoms with van der Waals surface area (Å²) in [6, 6.07) is 10.0. The summed E-state index contributed by atoms with van der Waals surface area (Å²) >= 11 is 1.50. The van der Waals surface area contributed by atoms with Gasteiger partial charge in [0.05, 0.1) is 19.2 Å². The van der Waals surface area contributed by atoms with Gasteiger partial charge in [0.2, 0.25) is 0 Å². The van der Waals surface area contributed by atoms with E-state index in [1.807, 2.05) is 44.2 Å². The van der Waals surface area contributed by atoms with Crippen molar-refractivity contribution in [2.75, 3.05) is 13.2 Å². The van der Waals surface area contributed by atoms with E-state index < -0.39 is 4.75 Å². The average Bonchev–Trinajstić information content (AvgIpc) is 2.49. The van der Waals surface area contributed by atoms with Gasteiger partial charge in [-0.2, -0.15) is 5.26 Å². The molecule has 0 aliphatic heterocycles. The summed E-state index contributed by atoms with van der Waals surface area (Å²) in [6.07, 6.45) is 1.92. The lowest BCUT2D eigenvalue weighted by Crippen LogP contribution is -2.30. The number of nitrogens with zero attached hydrogens (tertiary/aromatic N) is 1. The fourth-order valence-electron chi connectivity index (χ4n) is 1.76. The number of nitrogens with one attached hydrogen (secondary N) is 1. The molecule has 0 aliphatic carbocycles. The third kappa shape index (κ3) is 6.50. The Hall–Kier alpha value is -1.51. The molecule has 120 valence electrons. The summed E-state index contributed by atoms with van der Waals surface area (Å²) in [4.78, 5) is 13.1. The maximum atomic E-state index is 12.1. The predicted molar refractivity (Wildman–Crippen MR) is 89.6 cm³/mol. The zero-order valence-electron chi connectivity index (χ0n) is 13.5. The number of unbranched alkanes of at least 4 members (excludes halogenated alkanes) is 1. The minimum Gasteiger partial charge on any atom is -0.465 e. The molecule has 1 aromatic carbocycles. The average molecular weight is 320 g/mol. The second-order valence-corrected chi connectivity index (χ2v) is 7.20. The first-order valence-electron chi connectivity index (χ1n) is 7.52. The van der Waals surface area contributed by atoms with Crippen LogP contribution in [0.3, 0.4) is 0 Å². The van der Waals surface area contributed by atoms with Crippen LogP contribution in [0.15, 0.2) is 29.2 Å². The van der Waals surface area contributed by atoms with E-state index in [0.717, 1.165) is 23.3 Å². The number of carbonyl (C=O) groups excluding carboxylic acids is 1. The molecule has 0 saturated carbocycles. The lowest BCUT2D eigenvalue weighted by atomic mass is 10.2. The van der Waals surface area contributed by atoms with Gasteiger partial charge in [-0.25, -0.2) is 0 Å². The molecule has 1 N–H and O–H groups in total. The molecule has 1 rings (SSSR count). The molecule has 0 amide bonds. The Kier molecular flexibility index (Phi) is 8.00. The van der Waals surface area contributed by atoms with Gasteiger partial charge in [0, 0.05) is 11.4 Å². The van der Waals surface area contributed by atoms with Crippen molar-refractivity contribution in [3.05, 3.63) is 29.8 Å². The zero-order valence-corrected chi connectivity index (χ0v) is 14.3. The predicted octanol–water partition coefficient (Wildman–Crippen LogP) is 3.51. The summed E-state index contributed by atoms with van der Waals surface area (Å²) in [5.41, 5.74) is 1.11. The van der Waals surface area contributed by atoms with Gasteiger partial charge < -0.3 is 10.1 Å². The van der Waals surface area contributed by atoms with Crippen LogP contribution in [-0.2, 0) is 16.1 Å². The lowest BCUT2D eigenvalue weighted by Gasteiger charge is -2.22. The van der Waals surface area contributed by atoms with Crippen molar-refractivity contribution < 1.29 is 9.53 Å². The largest absolute Gasteiger partial charge is 0.465 e. The molecular weight excluding hydrogens is 296 g/mol. The Bertz CT molecular complexity index is 506. The SMILES string of the molecule is CCCCOC(=O)C(C)(C)Sc1ccc(CNCC#N)cc1. The highest BCUT2D eigenvalue weighted by atomic mass is 32.2. The summed E-state index contributed by atoms with van der Waals surface area (Å²) in [5.74, 6) is -0.175. The molecule has 0 bridgehead atoms. The van der Waals surface area contributed by atoms with Gasteiger partial charge in [0.1, 0.15) is 4.75 Å². The van der Waals surface area contributed by atoms with Gasteiger partial charge in [0.15, 0.2) is 0 Å². The van der Waals surface area contributed by atoms with Gasteiger partial charge >= 0.3 is 5.97 Å². The van der Waals surface area contributed by atoms with Crippen LogP contribution in [0.25, 0.3) is 0 Å². The van der Waals surface area contributed by atoms with Crippen LogP contribution < -0.4 is 5.32 Å². The van der Waals surface area contributed by atoms with Crippen molar-refractivity contribution in [3.63, 3.8) is 0 Å². The van der Waals surface area contributed by atoms with E-state index in [1.165, 1.54) is 11.8 Å². The Morgan fingerprint density at radius 3 is 2.64 bits per heavy atom. The van der Waals surface area contributed by atoms with Crippen molar-refractivity contribution in [2.24, 2.45) is 0 Å². The first-order valence-corrected chi connectivity index (χ1v) is 8.34. The van der Waals surface area contributed by atoms with Crippen LogP contribution in [0.5, 0.6) is 0 Å². The minimum absolute atomic E-state index is 0.175. The standard InChI is InChI=1S/C17H24N2O2S/c1-4-5-12-21-16(20)17(2,3)22-15-8-6-14(7-9-15)13-19-11-10-18/h6-9,19H,4-5,11-13H2,1-3H3. The minimum atomic E-state index is -0.603. The van der Waals surface area contributed by atoms with Gasteiger partial charge in [0.25, 0.3) is 0 Å². The second-order valence-electron chi connectivity index (χ2n) is 5.51. The molecule has 5 heteroatoms. The van der Waals surface area contributed by atoms with Crippen molar-refractivity contribution in [1.82, 2.24) is 5.32 Å². The molecule has 0 aliphatic rings. The highest BCUT2D eigenvalue weighted by Gasteiger charge is 2.30. The van der Waals surface area contributed by atoms with Crippen LogP contribution in [0, 0.1) is 11.3 Å². The molecule has 0 heterocycles. The van der Waals surface area contributed by atoms with Gasteiger partial charge in [-0.05, 0) is 38.0 Å². The summed E-state index contributed by atoms with van der Waals surface area (Å²) in [7, 11) is 0. The Morgan fingerprint density at radius 2 is 2.05 bits per heavy atom. The number of hydrogen-bond donors (Lipinski definition) is 1. The molecular formula is C17H24N2O2S. The Balaban J connectivity index is 2.54. The molecule has 0 aromatic heterocycles. The van der Waals surface area contributed by atoms with E-state index in [0.29, 0.717) is 19.7 Å². The quantitative estimate of drug-likeness (QED) is 0.326. The maximum absolute atomic E-state index is 12.1. The van der Waals surface area contributed by atoms with Gasteiger partial charge in [-0.15, -0.1) is 11.8 Å². The van der Waals surface area contributed by atoms with Crippen LogP contribution >= 0.6 is 11.8 Å². The van der Waals surface area contributed by atoms with Crippen LogP contribution in [-0.4, -0.2) is 23.9 Å². The van der Waals surface area contributed by atoms with Crippen molar-refractivity contribution in [2.45, 2.75) is 49.8 Å². The van der Waals surface area contributed by atoms with Crippen molar-refractivity contribution >= 4 is 17.7 Å². The number of nitriles is 1. The second kappa shape index (κ2) is 9.50. The van der Waals surface area contributed by atoms with Crippen molar-refractivity contribution in [3.8, 4) is 6.07 Å². The number of benzene rings is 1. The molecule has 0 atom stereocenters. The molecule has 0 unspecified atom stereocenters. The topological polar surface area (TPSA) is 62.1 Å². The first kappa shape index (κ1) is 18.5. The number of rotatable bonds is 9. The van der Waals surface area contributed by atoms with Crippen LogP contribution in [0.2, 0.25) is 0 Å². The third-order valence-corrected chi connectivity index (χ3v) is 4.24. The van der Waals surface area contributed by atoms with E-state index in [-0.39, 0.29) is 5.97 Å². The van der Waals surface area contributed by atoms with Crippen LogP contribution in [0.4, 0.5) is 0 Å². The Morgan fingerprint density at radius 1 is 1.36 bits per heavy atom. The number of esters is 1. The van der Waals surface area contributed by atoms with E-state index in [9.17, 15) is 4.79 Å². The fraction of sp³-hybridized carbons (Fsp3) is 0.529. The first-order chi connectivity index (χ1) is 10.5. The molecule has 22 heavy (non-hydrogen) atoms. The van der Waals surface area contributed by atoms with E-state index in [4.69, 9.17) is 10.00 Å². The van der Waals surface area contributed by atoms with Crippen LogP contribution in [0.1, 0.15) is 39.2 Å². The molecule has 0 saturated heterocycles. The lowest BCUT2D eigenvalue weighted by molar-refractivity contribution is -0.145. The molecule has 4 nitrogen and oxygen atoms in total. The molecule has 0 radical (unpaired) electrons. The monoisotopic (exact) mass is 320 g/mol. The molecule has 1 aromatic rings. The number of ether oxygens (including phenoxy) is 1. The smallest absolute Gasteiger partial charge is 0.321 e. The summed E-state index contributed by atoms with van der Waals surface area (Å²) < 4.78 is 4.71. The molecule has 0 fully saturated rings. The zero-order chi connectivity index (χ0) is 16.4. The van der Waals surface area contributed by atoms with Gasteiger partial charge in [-0.1, -0.05) is 25.5 Å². The number of thioether (sulfide) groups is 1. The van der Waals surface area contributed by atoms with E-state index in [1.54, 1.807) is 0 Å². The highest BCUT2D eigenvalue weighted by molar-refractivity contribution is 8.01. The summed E-state index contributed by atoms with van der Waals surface area (Å²) in [6.45, 7) is 7.33. The molecule has 0 spiro atoms. The van der Waals surface area contributed by atoms with Crippen molar-refractivity contribution in [1.29, 1.82) is 5.26 Å². The Labute approximate surface area is 137 Å². The van der Waals surface area contributed by atoms with Gasteiger partial charge in [-0.3, -0.25) is 4.79 Å². The summed E-state index contributed by atoms with van der Waals surface area (Å²) in [5, 5.41) is 11.5. The maximum Gasteiger partial charge on any atom is 0.321 e. The highest BCUT2D eigenvalue weighted by Crippen LogP contribution is 2.33. The third-order valence-electron chi connectivity index (χ3n) is 3.05. The normalized spacial score (nSPS) is 11.0.